The number of urea groups is 1. The Bertz CT molecular complexity index is 863. The maximum atomic E-state index is 13.2. The maximum Gasteiger partial charge on any atom is 0.324 e. The summed E-state index contributed by atoms with van der Waals surface area (Å²) in [5.74, 6) is -0.720. The SMILES string of the molecule is CC(C)C(NC(=O)c1ccc(CN2C(=O)CNC2=O)cc1)c1ccc(F)cc1. The van der Waals surface area contributed by atoms with Crippen molar-refractivity contribution in [2.45, 2.75) is 26.4 Å². The quantitative estimate of drug-likeness (QED) is 0.753. The molecule has 0 radical (unpaired) electrons. The second-order valence-electron chi connectivity index (χ2n) is 7.08. The average Bonchev–Trinajstić information content (AvgIpc) is 2.99. The number of rotatable bonds is 6. The van der Waals surface area contributed by atoms with Gasteiger partial charge in [-0.2, -0.15) is 0 Å². The molecule has 0 bridgehead atoms. The second-order valence-corrected chi connectivity index (χ2v) is 7.08. The van der Waals surface area contributed by atoms with Crippen molar-refractivity contribution in [1.82, 2.24) is 15.5 Å². The number of hydrogen-bond donors (Lipinski definition) is 2. The lowest BCUT2D eigenvalue weighted by atomic mass is 9.95. The van der Waals surface area contributed by atoms with Crippen LogP contribution in [0.25, 0.3) is 0 Å². The van der Waals surface area contributed by atoms with Crippen molar-refractivity contribution in [2.75, 3.05) is 6.54 Å². The van der Waals surface area contributed by atoms with Gasteiger partial charge in [0, 0.05) is 5.56 Å². The standard InChI is InChI=1S/C21H22FN3O3/c1-13(2)19(15-7-9-17(22)10-8-15)24-20(27)16-5-3-14(4-6-16)12-25-18(26)11-23-21(25)28/h3-10,13,19H,11-12H2,1-2H3,(H,23,28)(H,24,27). The van der Waals surface area contributed by atoms with Crippen LogP contribution in [0.2, 0.25) is 0 Å². The van der Waals surface area contributed by atoms with Gasteiger partial charge in [0.15, 0.2) is 0 Å². The van der Waals surface area contributed by atoms with Crippen LogP contribution >= 0.6 is 0 Å². The molecule has 2 N–H and O–H groups in total. The van der Waals surface area contributed by atoms with Crippen LogP contribution in [-0.2, 0) is 11.3 Å². The number of amides is 4. The van der Waals surface area contributed by atoms with Crippen molar-refractivity contribution < 1.29 is 18.8 Å². The highest BCUT2D eigenvalue weighted by Gasteiger charge is 2.28. The number of carbonyl (C=O) groups excluding carboxylic acids is 3. The molecule has 3 rings (SSSR count). The summed E-state index contributed by atoms with van der Waals surface area (Å²) in [6.07, 6.45) is 0. The normalized spacial score (nSPS) is 14.9. The van der Waals surface area contributed by atoms with Crippen molar-refractivity contribution >= 4 is 17.8 Å². The molecule has 1 aliphatic rings. The third-order valence-corrected chi connectivity index (χ3v) is 4.68. The Morgan fingerprint density at radius 2 is 1.75 bits per heavy atom. The number of imide groups is 1. The molecule has 2 aromatic rings. The Morgan fingerprint density at radius 1 is 1.11 bits per heavy atom. The summed E-state index contributed by atoms with van der Waals surface area (Å²) in [4.78, 5) is 37.1. The summed E-state index contributed by atoms with van der Waals surface area (Å²) >= 11 is 0. The summed E-state index contributed by atoms with van der Waals surface area (Å²) in [6, 6.07) is 12.2. The topological polar surface area (TPSA) is 78.5 Å². The zero-order valence-corrected chi connectivity index (χ0v) is 15.7. The first-order chi connectivity index (χ1) is 13.3. The summed E-state index contributed by atoms with van der Waals surface area (Å²) in [6.45, 7) is 4.14. The first-order valence-electron chi connectivity index (χ1n) is 9.08. The van der Waals surface area contributed by atoms with E-state index < -0.39 is 6.03 Å². The third kappa shape index (κ3) is 4.36. The molecular formula is C21H22FN3O3. The van der Waals surface area contributed by atoms with E-state index in [1.807, 2.05) is 13.8 Å². The Labute approximate surface area is 162 Å². The predicted octanol–water partition coefficient (Wildman–Crippen LogP) is 3.00. The van der Waals surface area contributed by atoms with E-state index in [0.717, 1.165) is 16.0 Å². The summed E-state index contributed by atoms with van der Waals surface area (Å²) in [5.41, 5.74) is 2.05. The fourth-order valence-electron chi connectivity index (χ4n) is 3.09. The minimum atomic E-state index is -0.411. The van der Waals surface area contributed by atoms with Gasteiger partial charge in [-0.25, -0.2) is 9.18 Å². The molecule has 0 aliphatic carbocycles. The molecule has 0 aromatic heterocycles. The molecule has 6 nitrogen and oxygen atoms in total. The fraction of sp³-hybridized carbons (Fsp3) is 0.286. The number of benzene rings is 2. The van der Waals surface area contributed by atoms with E-state index in [0.29, 0.717) is 5.56 Å². The predicted molar refractivity (Wildman–Crippen MR) is 102 cm³/mol. The van der Waals surface area contributed by atoms with E-state index in [2.05, 4.69) is 10.6 Å². The van der Waals surface area contributed by atoms with Crippen LogP contribution in [-0.4, -0.2) is 29.3 Å². The molecule has 7 heteroatoms. The van der Waals surface area contributed by atoms with Gasteiger partial charge in [0.25, 0.3) is 5.91 Å². The van der Waals surface area contributed by atoms with Crippen molar-refractivity contribution in [1.29, 1.82) is 0 Å². The Morgan fingerprint density at radius 3 is 2.29 bits per heavy atom. The van der Waals surface area contributed by atoms with Crippen molar-refractivity contribution in [3.63, 3.8) is 0 Å². The molecule has 0 spiro atoms. The highest BCUT2D eigenvalue weighted by atomic mass is 19.1. The van der Waals surface area contributed by atoms with Crippen molar-refractivity contribution in [3.05, 3.63) is 71.0 Å². The summed E-state index contributed by atoms with van der Waals surface area (Å²) in [7, 11) is 0. The molecule has 1 fully saturated rings. The number of hydrogen-bond acceptors (Lipinski definition) is 3. The van der Waals surface area contributed by atoms with Gasteiger partial charge < -0.3 is 10.6 Å². The van der Waals surface area contributed by atoms with Crippen LogP contribution in [0.3, 0.4) is 0 Å². The van der Waals surface area contributed by atoms with Crippen LogP contribution in [0.5, 0.6) is 0 Å². The smallest absolute Gasteiger partial charge is 0.324 e. The summed E-state index contributed by atoms with van der Waals surface area (Å²) in [5, 5.41) is 5.46. The van der Waals surface area contributed by atoms with E-state index in [-0.39, 0.29) is 42.7 Å². The maximum absolute atomic E-state index is 13.2. The largest absolute Gasteiger partial charge is 0.345 e. The molecule has 1 aliphatic heterocycles. The molecule has 0 saturated carbocycles. The Balaban J connectivity index is 1.68. The monoisotopic (exact) mass is 383 g/mol. The number of nitrogens with one attached hydrogen (secondary N) is 2. The number of halogens is 1. The fourth-order valence-corrected chi connectivity index (χ4v) is 3.09. The van der Waals surface area contributed by atoms with Crippen LogP contribution < -0.4 is 10.6 Å². The van der Waals surface area contributed by atoms with Crippen molar-refractivity contribution in [3.8, 4) is 0 Å². The first-order valence-corrected chi connectivity index (χ1v) is 9.08. The van der Waals surface area contributed by atoms with Gasteiger partial charge in [-0.1, -0.05) is 38.1 Å². The average molecular weight is 383 g/mol. The lowest BCUT2D eigenvalue weighted by Crippen LogP contribution is -2.32. The minimum Gasteiger partial charge on any atom is -0.345 e. The molecule has 2 aromatic carbocycles. The lowest BCUT2D eigenvalue weighted by Gasteiger charge is -2.23. The highest BCUT2D eigenvalue weighted by Crippen LogP contribution is 2.22. The van der Waals surface area contributed by atoms with Gasteiger partial charge in [-0.3, -0.25) is 14.5 Å². The van der Waals surface area contributed by atoms with Gasteiger partial charge in [-0.15, -0.1) is 0 Å². The number of nitrogens with zero attached hydrogens (tertiary/aromatic N) is 1. The lowest BCUT2D eigenvalue weighted by molar-refractivity contribution is -0.125. The Hall–Kier alpha value is -3.22. The molecule has 1 heterocycles. The molecule has 146 valence electrons. The van der Waals surface area contributed by atoms with Crippen LogP contribution in [0.4, 0.5) is 9.18 Å². The van der Waals surface area contributed by atoms with Gasteiger partial charge in [-0.05, 0) is 41.3 Å². The molecule has 4 amide bonds. The van der Waals surface area contributed by atoms with E-state index in [4.69, 9.17) is 0 Å². The Kier molecular flexibility index (Phi) is 5.73. The van der Waals surface area contributed by atoms with E-state index >= 15 is 0 Å². The van der Waals surface area contributed by atoms with E-state index in [1.165, 1.54) is 12.1 Å². The zero-order chi connectivity index (χ0) is 20.3. The molecule has 1 atom stereocenters. The second kappa shape index (κ2) is 8.21. The van der Waals surface area contributed by atoms with E-state index in [1.54, 1.807) is 36.4 Å². The van der Waals surface area contributed by atoms with E-state index in [9.17, 15) is 18.8 Å². The molecule has 1 saturated heterocycles. The van der Waals surface area contributed by atoms with Crippen molar-refractivity contribution in [2.24, 2.45) is 5.92 Å². The first kappa shape index (κ1) is 19.5. The van der Waals surface area contributed by atoms with Crippen LogP contribution in [0, 0.1) is 11.7 Å². The third-order valence-electron chi connectivity index (χ3n) is 4.68. The molecule has 1 unspecified atom stereocenters. The molecular weight excluding hydrogens is 361 g/mol. The number of carbonyl (C=O) groups is 3. The minimum absolute atomic E-state index is 0.0132. The summed E-state index contributed by atoms with van der Waals surface area (Å²) < 4.78 is 13.2. The van der Waals surface area contributed by atoms with Crippen LogP contribution in [0.15, 0.2) is 48.5 Å². The highest BCUT2D eigenvalue weighted by molar-refractivity contribution is 6.01. The van der Waals surface area contributed by atoms with Gasteiger partial charge in [0.05, 0.1) is 19.1 Å². The van der Waals surface area contributed by atoms with Gasteiger partial charge in [0.1, 0.15) is 5.82 Å². The van der Waals surface area contributed by atoms with Gasteiger partial charge in [0.2, 0.25) is 5.91 Å². The molecule has 28 heavy (non-hydrogen) atoms. The van der Waals surface area contributed by atoms with Gasteiger partial charge >= 0.3 is 6.03 Å². The van der Waals surface area contributed by atoms with Crippen LogP contribution in [0.1, 0.15) is 41.4 Å². The zero-order valence-electron chi connectivity index (χ0n) is 15.7.